The molecule has 4 atom stereocenters. The quantitative estimate of drug-likeness (QED) is 0.306. The maximum Gasteiger partial charge on any atom is 0.269 e. The Morgan fingerprint density at radius 2 is 1.92 bits per heavy atom. The minimum Gasteiger partial charge on any atom is -0.432 e. The lowest BCUT2D eigenvalue weighted by Gasteiger charge is -2.32. The molecule has 2 N–H and O–H groups in total. The van der Waals surface area contributed by atoms with Gasteiger partial charge >= 0.3 is 0 Å². The number of carbonyl (C=O) groups excluding carboxylic acids is 2. The van der Waals surface area contributed by atoms with Gasteiger partial charge in [-0.05, 0) is 24.7 Å². The molecule has 1 spiro atoms. The molecule has 2 aliphatic rings. The first-order chi connectivity index (χ1) is 17.4. The lowest BCUT2D eigenvalue weighted by atomic mass is 9.82. The van der Waals surface area contributed by atoms with E-state index in [1.165, 1.54) is 23.1 Å². The summed E-state index contributed by atoms with van der Waals surface area (Å²) in [5.41, 5.74) is -0.394. The number of non-ortho nitro benzene ring substituents is 1. The molecule has 2 aliphatic heterocycles. The Morgan fingerprint density at radius 3 is 2.51 bits per heavy atom. The molecule has 0 saturated carbocycles. The third-order valence-corrected chi connectivity index (χ3v) is 10.1. The molecule has 0 radical (unpaired) electrons. The minimum atomic E-state index is -3.00. The van der Waals surface area contributed by atoms with Crippen LogP contribution in [0.15, 0.2) is 48.5 Å². The van der Waals surface area contributed by atoms with E-state index in [1.807, 2.05) is 37.3 Å². The van der Waals surface area contributed by atoms with Gasteiger partial charge in [-0.3, -0.25) is 19.7 Å². The van der Waals surface area contributed by atoms with Gasteiger partial charge < -0.3 is 24.4 Å². The summed E-state index contributed by atoms with van der Waals surface area (Å²) in [5.74, 6) is -1.17. The van der Waals surface area contributed by atoms with Gasteiger partial charge in [0, 0.05) is 49.3 Å². The molecule has 0 bridgehead atoms. The normalized spacial score (nSPS) is 25.0. The van der Waals surface area contributed by atoms with E-state index in [0.717, 1.165) is 5.56 Å². The molecule has 1 fully saturated rings. The van der Waals surface area contributed by atoms with E-state index in [4.69, 9.17) is 4.74 Å². The van der Waals surface area contributed by atoms with Crippen molar-refractivity contribution in [2.45, 2.75) is 50.2 Å². The van der Waals surface area contributed by atoms with Gasteiger partial charge in [0.2, 0.25) is 5.91 Å². The van der Waals surface area contributed by atoms with Crippen LogP contribution in [-0.4, -0.2) is 66.2 Å². The van der Waals surface area contributed by atoms with Crippen molar-refractivity contribution in [1.29, 1.82) is 0 Å². The summed E-state index contributed by atoms with van der Waals surface area (Å²) in [4.78, 5) is 52.5. The number of benzene rings is 2. The fourth-order valence-corrected chi connectivity index (χ4v) is 8.56. The predicted molar refractivity (Wildman–Crippen MR) is 139 cm³/mol. The van der Waals surface area contributed by atoms with Crippen molar-refractivity contribution in [3.05, 3.63) is 69.8 Å². The maximum atomic E-state index is 13.7. The molecule has 0 aromatic heterocycles. The molecule has 198 valence electrons. The molecule has 2 heterocycles. The number of aliphatic hydroxyl groups is 1. The minimum absolute atomic E-state index is 0.0954. The summed E-state index contributed by atoms with van der Waals surface area (Å²) in [6.07, 6.45) is -0.879. The van der Waals surface area contributed by atoms with Crippen LogP contribution in [0, 0.1) is 16.0 Å². The Kier molecular flexibility index (Phi) is 7.26. The number of amides is 2. The van der Waals surface area contributed by atoms with Crippen LogP contribution in [0.5, 0.6) is 0 Å². The number of ether oxygens (including phenoxy) is 1. The molecule has 0 unspecified atom stereocenters. The Morgan fingerprint density at radius 1 is 1.24 bits per heavy atom. The van der Waals surface area contributed by atoms with Crippen LogP contribution in [0.3, 0.4) is 0 Å². The van der Waals surface area contributed by atoms with Crippen molar-refractivity contribution >= 4 is 31.5 Å². The highest BCUT2D eigenvalue weighted by atomic mass is 28.4. The smallest absolute Gasteiger partial charge is 0.269 e. The Bertz CT molecular complexity index is 1200. The van der Waals surface area contributed by atoms with Crippen molar-refractivity contribution in [2.24, 2.45) is 5.92 Å². The molecule has 2 amide bonds. The van der Waals surface area contributed by atoms with Crippen molar-refractivity contribution in [2.75, 3.05) is 25.1 Å². The van der Waals surface area contributed by atoms with Crippen LogP contribution in [0.2, 0.25) is 18.6 Å². The molecular weight excluding hydrogens is 494 g/mol. The van der Waals surface area contributed by atoms with Crippen LogP contribution >= 0.6 is 0 Å². The number of nitro groups is 1. The highest BCUT2D eigenvalue weighted by molar-refractivity contribution is 6.71. The van der Waals surface area contributed by atoms with Gasteiger partial charge in [0.1, 0.15) is 0 Å². The molecule has 4 rings (SSSR count). The lowest BCUT2D eigenvalue weighted by molar-refractivity contribution is -0.385. The summed E-state index contributed by atoms with van der Waals surface area (Å²) >= 11 is 0. The zero-order valence-corrected chi connectivity index (χ0v) is 22.5. The average Bonchev–Trinajstić information content (AvgIpc) is 3.25. The molecule has 10 nitrogen and oxygen atoms in total. The second kappa shape index (κ2) is 9.97. The topological polar surface area (TPSA) is 133 Å². The molecular formula is C26H33N3O7Si. The molecule has 37 heavy (non-hydrogen) atoms. The van der Waals surface area contributed by atoms with E-state index >= 15 is 0 Å². The van der Waals surface area contributed by atoms with Crippen LogP contribution in [-0.2, 0) is 26.5 Å². The summed E-state index contributed by atoms with van der Waals surface area (Å²) < 4.78 is 6.51. The Labute approximate surface area is 216 Å². The summed E-state index contributed by atoms with van der Waals surface area (Å²) in [6.45, 7) is 5.53. The van der Waals surface area contributed by atoms with Gasteiger partial charge in [-0.1, -0.05) is 37.3 Å². The van der Waals surface area contributed by atoms with Crippen molar-refractivity contribution < 1.29 is 29.2 Å². The fourth-order valence-electron chi connectivity index (χ4n) is 6.00. The second-order valence-corrected chi connectivity index (χ2v) is 14.4. The van der Waals surface area contributed by atoms with Crippen molar-refractivity contribution in [1.82, 2.24) is 4.90 Å². The monoisotopic (exact) mass is 527 g/mol. The zero-order chi connectivity index (χ0) is 27.1. The van der Waals surface area contributed by atoms with E-state index in [9.17, 15) is 29.6 Å². The molecule has 2 aromatic rings. The lowest BCUT2D eigenvalue weighted by Crippen LogP contribution is -2.45. The van der Waals surface area contributed by atoms with E-state index in [0.29, 0.717) is 17.8 Å². The SMILES string of the molecule is C[C@H]1[C@H]([Si](C)(C)O)[C@@H](CC(=O)N(CCO)Cc2ccccc2)O[C@]12C(=O)N(C)c1ccc([N+](=O)[O-])cc12. The molecule has 2 aromatic carbocycles. The highest BCUT2D eigenvalue weighted by Crippen LogP contribution is 2.59. The van der Waals surface area contributed by atoms with Gasteiger partial charge in [-0.15, -0.1) is 0 Å². The maximum absolute atomic E-state index is 13.7. The number of likely N-dealkylation sites (N-methyl/N-ethyl adjacent to an activating group) is 1. The number of carbonyl (C=O) groups is 2. The zero-order valence-electron chi connectivity index (χ0n) is 21.5. The number of fused-ring (bicyclic) bond motifs is 2. The molecule has 11 heteroatoms. The van der Waals surface area contributed by atoms with Gasteiger partial charge in [-0.25, -0.2) is 0 Å². The average molecular weight is 528 g/mol. The number of aliphatic hydroxyl groups excluding tert-OH is 1. The number of nitrogens with zero attached hydrogens (tertiary/aromatic N) is 3. The molecule has 1 saturated heterocycles. The van der Waals surface area contributed by atoms with Crippen molar-refractivity contribution in [3.63, 3.8) is 0 Å². The Balaban J connectivity index is 1.71. The van der Waals surface area contributed by atoms with E-state index in [-0.39, 0.29) is 37.1 Å². The van der Waals surface area contributed by atoms with E-state index in [2.05, 4.69) is 0 Å². The second-order valence-electron chi connectivity index (χ2n) is 10.4. The third kappa shape index (κ3) is 4.68. The van der Waals surface area contributed by atoms with Gasteiger partial charge in [0.15, 0.2) is 13.9 Å². The number of hydrogen-bond donors (Lipinski definition) is 2. The van der Waals surface area contributed by atoms with Gasteiger partial charge in [0.05, 0.1) is 29.7 Å². The molecule has 0 aliphatic carbocycles. The first kappa shape index (κ1) is 26.9. The standard InChI is InChI=1S/C26H33N3O7Si/c1-17-24(37(3,4)35)22(15-23(31)28(12-13-30)16-18-8-6-5-7-9-18)36-26(17)20-14-19(29(33)34)10-11-21(20)27(2)25(26)32/h5-11,14,17,22,24,30,35H,12-13,15-16H2,1-4H3/t17-,22+,24-,26+/m0/s1. The largest absolute Gasteiger partial charge is 0.432 e. The number of rotatable bonds is 8. The first-order valence-electron chi connectivity index (χ1n) is 12.3. The predicted octanol–water partition coefficient (Wildman–Crippen LogP) is 2.78. The number of hydrogen-bond acceptors (Lipinski definition) is 7. The van der Waals surface area contributed by atoms with E-state index in [1.54, 1.807) is 25.0 Å². The van der Waals surface area contributed by atoms with Crippen LogP contribution in [0.25, 0.3) is 0 Å². The summed E-state index contributed by atoms with van der Waals surface area (Å²) in [5, 5.41) is 21.1. The number of nitro benzene ring substituents is 1. The Hall–Kier alpha value is -3.12. The van der Waals surface area contributed by atoms with E-state index < -0.39 is 36.4 Å². The van der Waals surface area contributed by atoms with Crippen molar-refractivity contribution in [3.8, 4) is 0 Å². The highest BCUT2D eigenvalue weighted by Gasteiger charge is 2.66. The summed E-state index contributed by atoms with van der Waals surface area (Å²) in [7, 11) is -1.40. The summed E-state index contributed by atoms with van der Waals surface area (Å²) in [6, 6.07) is 13.7. The van der Waals surface area contributed by atoms with Crippen LogP contribution < -0.4 is 4.90 Å². The van der Waals surface area contributed by atoms with Crippen LogP contribution in [0.1, 0.15) is 24.5 Å². The van der Waals surface area contributed by atoms with Gasteiger partial charge in [0.25, 0.3) is 11.6 Å². The fraction of sp³-hybridized carbons (Fsp3) is 0.462. The van der Waals surface area contributed by atoms with Crippen LogP contribution in [0.4, 0.5) is 11.4 Å². The third-order valence-electron chi connectivity index (χ3n) is 7.62. The first-order valence-corrected chi connectivity index (χ1v) is 15.3. The van der Waals surface area contributed by atoms with Gasteiger partial charge in [-0.2, -0.15) is 0 Å². The number of anilines is 1.